The number of hydrogen-bond donors (Lipinski definition) is 1. The molecule has 2 aromatic rings. The Labute approximate surface area is 108 Å². The van der Waals surface area contributed by atoms with E-state index in [9.17, 15) is 5.11 Å². The molecule has 0 radical (unpaired) electrons. The molecule has 2 heteroatoms. The van der Waals surface area contributed by atoms with Gasteiger partial charge in [-0.2, -0.15) is 0 Å². The number of benzene rings is 1. The molecule has 1 aliphatic rings. The molecule has 0 spiro atoms. The van der Waals surface area contributed by atoms with E-state index < -0.39 is 0 Å². The first-order valence-electron chi connectivity index (χ1n) is 6.83. The van der Waals surface area contributed by atoms with Crippen molar-refractivity contribution in [3.05, 3.63) is 42.1 Å². The molecule has 1 saturated carbocycles. The summed E-state index contributed by atoms with van der Waals surface area (Å²) < 4.78 is 0. The highest BCUT2D eigenvalue weighted by atomic mass is 16.3. The fraction of sp³-hybridized carbons (Fsp3) is 0.438. The van der Waals surface area contributed by atoms with E-state index in [2.05, 4.69) is 29.2 Å². The van der Waals surface area contributed by atoms with Crippen molar-refractivity contribution in [1.29, 1.82) is 0 Å². The number of nitrogens with zero attached hydrogens (tertiary/aromatic N) is 1. The molecule has 18 heavy (non-hydrogen) atoms. The van der Waals surface area contributed by atoms with Crippen LogP contribution in [0.5, 0.6) is 0 Å². The van der Waals surface area contributed by atoms with Crippen molar-refractivity contribution in [2.24, 2.45) is 5.92 Å². The maximum atomic E-state index is 9.21. The van der Waals surface area contributed by atoms with Crippen LogP contribution in [0.3, 0.4) is 0 Å². The van der Waals surface area contributed by atoms with Gasteiger partial charge in [0.15, 0.2) is 0 Å². The van der Waals surface area contributed by atoms with Gasteiger partial charge in [-0.1, -0.05) is 18.2 Å². The Bertz CT molecular complexity index is 524. The second-order valence-corrected chi connectivity index (χ2v) is 5.32. The van der Waals surface area contributed by atoms with E-state index in [0.717, 1.165) is 18.4 Å². The van der Waals surface area contributed by atoms with Gasteiger partial charge in [0.05, 0.1) is 5.52 Å². The van der Waals surface area contributed by atoms with Crippen molar-refractivity contribution in [1.82, 2.24) is 4.98 Å². The Morgan fingerprint density at radius 2 is 1.83 bits per heavy atom. The van der Waals surface area contributed by atoms with Gasteiger partial charge in [-0.15, -0.1) is 0 Å². The van der Waals surface area contributed by atoms with Gasteiger partial charge in [0.2, 0.25) is 0 Å². The topological polar surface area (TPSA) is 33.1 Å². The van der Waals surface area contributed by atoms with Crippen molar-refractivity contribution >= 4 is 10.9 Å². The van der Waals surface area contributed by atoms with Gasteiger partial charge in [0.1, 0.15) is 0 Å². The standard InChI is InChI=1S/C16H19NO/c18-11-12-5-7-13(8-6-12)14-9-10-17-16-4-2-1-3-15(14)16/h1-4,9-10,12-13,18H,5-8,11H2/t12-,13+. The summed E-state index contributed by atoms with van der Waals surface area (Å²) in [5.74, 6) is 1.16. The SMILES string of the molecule is OC[C@H]1CC[C@@H](c2ccnc3ccccc32)CC1. The highest BCUT2D eigenvalue weighted by Crippen LogP contribution is 2.37. The summed E-state index contributed by atoms with van der Waals surface area (Å²) in [6.45, 7) is 0.351. The number of aromatic nitrogens is 1. The molecule has 1 N–H and O–H groups in total. The Kier molecular flexibility index (Phi) is 3.28. The minimum absolute atomic E-state index is 0.351. The van der Waals surface area contributed by atoms with Crippen LogP contribution in [-0.4, -0.2) is 16.7 Å². The van der Waals surface area contributed by atoms with Gasteiger partial charge in [-0.25, -0.2) is 0 Å². The van der Waals surface area contributed by atoms with Crippen molar-refractivity contribution in [3.63, 3.8) is 0 Å². The molecule has 1 heterocycles. The van der Waals surface area contributed by atoms with Crippen molar-refractivity contribution < 1.29 is 5.11 Å². The fourth-order valence-electron chi connectivity index (χ4n) is 3.13. The summed E-state index contributed by atoms with van der Waals surface area (Å²) in [6.07, 6.45) is 6.61. The highest BCUT2D eigenvalue weighted by molar-refractivity contribution is 5.82. The number of hydrogen-bond acceptors (Lipinski definition) is 2. The quantitative estimate of drug-likeness (QED) is 0.873. The third-order valence-electron chi connectivity index (χ3n) is 4.23. The van der Waals surface area contributed by atoms with E-state index in [-0.39, 0.29) is 0 Å². The third-order valence-corrected chi connectivity index (χ3v) is 4.23. The van der Waals surface area contributed by atoms with E-state index in [1.54, 1.807) is 0 Å². The van der Waals surface area contributed by atoms with Crippen LogP contribution in [0.1, 0.15) is 37.2 Å². The Balaban J connectivity index is 1.91. The van der Waals surface area contributed by atoms with Crippen LogP contribution in [-0.2, 0) is 0 Å². The molecule has 0 atom stereocenters. The molecule has 0 saturated heterocycles. The summed E-state index contributed by atoms with van der Waals surface area (Å²) in [6, 6.07) is 10.6. The molecule has 94 valence electrons. The maximum absolute atomic E-state index is 9.21. The summed E-state index contributed by atoms with van der Waals surface area (Å²) in [5.41, 5.74) is 2.54. The van der Waals surface area contributed by atoms with Crippen molar-refractivity contribution in [2.75, 3.05) is 6.61 Å². The number of aliphatic hydroxyl groups excluding tert-OH is 1. The van der Waals surface area contributed by atoms with Gasteiger partial charge < -0.3 is 5.11 Å². The molecular formula is C16H19NO. The first-order valence-corrected chi connectivity index (χ1v) is 6.83. The lowest BCUT2D eigenvalue weighted by atomic mass is 9.78. The molecule has 0 bridgehead atoms. The van der Waals surface area contributed by atoms with Crippen molar-refractivity contribution in [2.45, 2.75) is 31.6 Å². The largest absolute Gasteiger partial charge is 0.396 e. The summed E-state index contributed by atoms with van der Waals surface area (Å²) in [7, 11) is 0. The lowest BCUT2D eigenvalue weighted by molar-refractivity contribution is 0.182. The van der Waals surface area contributed by atoms with Crippen LogP contribution in [0, 0.1) is 5.92 Å². The lowest BCUT2D eigenvalue weighted by Gasteiger charge is -2.28. The van der Waals surface area contributed by atoms with Crippen LogP contribution in [0.2, 0.25) is 0 Å². The lowest BCUT2D eigenvalue weighted by Crippen LogP contribution is -2.16. The molecule has 1 aromatic carbocycles. The fourth-order valence-corrected chi connectivity index (χ4v) is 3.13. The Morgan fingerprint density at radius 1 is 1.06 bits per heavy atom. The average Bonchev–Trinajstić information content (AvgIpc) is 2.47. The van der Waals surface area contributed by atoms with Crippen molar-refractivity contribution in [3.8, 4) is 0 Å². The zero-order valence-corrected chi connectivity index (χ0v) is 10.5. The maximum Gasteiger partial charge on any atom is 0.0704 e. The summed E-state index contributed by atoms with van der Waals surface area (Å²) in [5, 5.41) is 10.5. The van der Waals surface area contributed by atoms with Gasteiger partial charge in [-0.05, 0) is 55.2 Å². The van der Waals surface area contributed by atoms with Crippen LogP contribution in [0.4, 0.5) is 0 Å². The Morgan fingerprint density at radius 3 is 2.61 bits per heavy atom. The molecule has 1 aliphatic carbocycles. The monoisotopic (exact) mass is 241 g/mol. The summed E-state index contributed by atoms with van der Waals surface area (Å²) >= 11 is 0. The van der Waals surface area contributed by atoms with Crippen LogP contribution in [0.15, 0.2) is 36.5 Å². The number of aliphatic hydroxyl groups is 1. The van der Waals surface area contributed by atoms with E-state index in [1.807, 2.05) is 12.3 Å². The van der Waals surface area contributed by atoms with E-state index in [0.29, 0.717) is 18.4 Å². The second-order valence-electron chi connectivity index (χ2n) is 5.32. The predicted octanol–water partition coefficient (Wildman–Crippen LogP) is 3.50. The molecule has 1 fully saturated rings. The molecule has 3 rings (SSSR count). The smallest absolute Gasteiger partial charge is 0.0704 e. The minimum Gasteiger partial charge on any atom is -0.396 e. The minimum atomic E-state index is 0.351. The number of fused-ring (bicyclic) bond motifs is 1. The van der Waals surface area contributed by atoms with Crippen LogP contribution in [0.25, 0.3) is 10.9 Å². The highest BCUT2D eigenvalue weighted by Gasteiger charge is 2.22. The molecule has 1 aromatic heterocycles. The number of rotatable bonds is 2. The first-order chi connectivity index (χ1) is 8.88. The normalized spacial score (nSPS) is 24.3. The number of pyridine rings is 1. The number of para-hydroxylation sites is 1. The zero-order valence-electron chi connectivity index (χ0n) is 10.5. The third kappa shape index (κ3) is 2.13. The zero-order chi connectivity index (χ0) is 12.4. The molecule has 2 nitrogen and oxygen atoms in total. The molecular weight excluding hydrogens is 222 g/mol. The van der Waals surface area contributed by atoms with Crippen LogP contribution < -0.4 is 0 Å². The van der Waals surface area contributed by atoms with Gasteiger partial charge in [0.25, 0.3) is 0 Å². The average molecular weight is 241 g/mol. The van der Waals surface area contributed by atoms with Gasteiger partial charge >= 0.3 is 0 Å². The molecule has 0 amide bonds. The van der Waals surface area contributed by atoms with E-state index in [4.69, 9.17) is 0 Å². The first kappa shape index (κ1) is 11.7. The molecule has 0 unspecified atom stereocenters. The van der Waals surface area contributed by atoms with E-state index >= 15 is 0 Å². The van der Waals surface area contributed by atoms with Gasteiger partial charge in [-0.3, -0.25) is 4.98 Å². The van der Waals surface area contributed by atoms with Gasteiger partial charge in [0, 0.05) is 18.2 Å². The summed E-state index contributed by atoms with van der Waals surface area (Å²) in [4.78, 5) is 4.43. The van der Waals surface area contributed by atoms with Crippen LogP contribution >= 0.6 is 0 Å². The molecule has 0 aliphatic heterocycles. The van der Waals surface area contributed by atoms with E-state index in [1.165, 1.54) is 23.8 Å². The Hall–Kier alpha value is -1.41. The predicted molar refractivity (Wildman–Crippen MR) is 73.5 cm³/mol. The second kappa shape index (κ2) is 5.07.